The molecule has 32 heavy (non-hydrogen) atoms. The van der Waals surface area contributed by atoms with E-state index in [0.717, 1.165) is 0 Å². The Labute approximate surface area is 200 Å². The van der Waals surface area contributed by atoms with Gasteiger partial charge < -0.3 is 27.2 Å². The molecular formula is C20H46O7Si5. The molecule has 1 aliphatic rings. The van der Waals surface area contributed by atoms with E-state index in [9.17, 15) is 9.90 Å². The van der Waals surface area contributed by atoms with Crippen molar-refractivity contribution in [3.63, 3.8) is 0 Å². The van der Waals surface area contributed by atoms with Crippen LogP contribution in [0.2, 0.25) is 98.2 Å². The largest absolute Gasteiger partial charge is 0.541 e. The van der Waals surface area contributed by atoms with Crippen molar-refractivity contribution in [1.29, 1.82) is 0 Å². The first-order chi connectivity index (χ1) is 13.7. The van der Waals surface area contributed by atoms with Crippen molar-refractivity contribution in [2.75, 3.05) is 0 Å². The molecule has 1 N–H and O–H groups in total. The summed E-state index contributed by atoms with van der Waals surface area (Å²) in [7, 11) is -11.8. The van der Waals surface area contributed by atoms with E-state index in [1.54, 1.807) is 0 Å². The Bertz CT molecular complexity index is 733. The normalized spacial score (nSPS) is 23.1. The lowest BCUT2D eigenvalue weighted by molar-refractivity contribution is -0.195. The van der Waals surface area contributed by atoms with Gasteiger partial charge in [-0.3, -0.25) is 4.79 Å². The van der Waals surface area contributed by atoms with E-state index >= 15 is 0 Å². The molecule has 0 radical (unpaired) electrons. The van der Waals surface area contributed by atoms with Crippen molar-refractivity contribution in [3.05, 3.63) is 11.5 Å². The zero-order valence-electron chi connectivity index (χ0n) is 22.9. The summed E-state index contributed by atoms with van der Waals surface area (Å²) in [4.78, 5) is 14.2. The highest BCUT2D eigenvalue weighted by Crippen LogP contribution is 2.49. The van der Waals surface area contributed by atoms with Crippen molar-refractivity contribution in [2.45, 2.75) is 110 Å². The van der Waals surface area contributed by atoms with Gasteiger partial charge in [0.2, 0.25) is 16.6 Å². The minimum atomic E-state index is -2.42. The number of hydrogen-bond acceptors (Lipinski definition) is 7. The van der Waals surface area contributed by atoms with Gasteiger partial charge in [-0.25, -0.2) is 0 Å². The predicted octanol–water partition coefficient (Wildman–Crippen LogP) is 5.42. The summed E-state index contributed by atoms with van der Waals surface area (Å²) in [6.07, 6.45) is 0. The Kier molecular flexibility index (Phi) is 8.30. The quantitative estimate of drug-likeness (QED) is 0.293. The molecule has 0 bridgehead atoms. The summed E-state index contributed by atoms with van der Waals surface area (Å²) in [5.41, 5.74) is 0. The molecular weight excluding hydrogens is 493 g/mol. The fourth-order valence-corrected chi connectivity index (χ4v) is 8.20. The average molecular weight is 539 g/mol. The van der Waals surface area contributed by atoms with Crippen molar-refractivity contribution in [3.8, 4) is 0 Å². The van der Waals surface area contributed by atoms with Gasteiger partial charge in [0.1, 0.15) is 0 Å². The highest BCUT2D eigenvalue weighted by molar-refractivity contribution is 6.73. The average Bonchev–Trinajstić information content (AvgIpc) is 2.53. The standard InChI is InChI=1S/C20H46O7Si5/c1-28(2,3)23-16-17(24-29(4,5)6)20(26-31(10,11)12,27-32(13,14)15)18(21)19(16,22)25-30(7,8)9/h22H,1-15H3. The third-order valence-electron chi connectivity index (χ3n) is 3.59. The number of Topliss-reactive ketones (excluding diaryl/α,β-unsaturated/α-hetero) is 1. The second-order valence-corrected chi connectivity index (χ2v) is 35.5. The van der Waals surface area contributed by atoms with Crippen LogP contribution >= 0.6 is 0 Å². The van der Waals surface area contributed by atoms with Gasteiger partial charge >= 0.3 is 0 Å². The molecule has 0 amide bonds. The summed E-state index contributed by atoms with van der Waals surface area (Å²) in [5.74, 6) is -4.74. The van der Waals surface area contributed by atoms with Crippen LogP contribution < -0.4 is 0 Å². The maximum atomic E-state index is 14.2. The number of carbonyl (C=O) groups excluding carboxylic acids is 1. The van der Waals surface area contributed by atoms with Crippen LogP contribution in [0.4, 0.5) is 0 Å². The van der Waals surface area contributed by atoms with Gasteiger partial charge in [-0.1, -0.05) is 0 Å². The van der Waals surface area contributed by atoms with Crippen LogP contribution in [0.15, 0.2) is 11.5 Å². The molecule has 0 aliphatic heterocycles. The van der Waals surface area contributed by atoms with Gasteiger partial charge in [-0.15, -0.1) is 0 Å². The molecule has 12 heteroatoms. The van der Waals surface area contributed by atoms with E-state index < -0.39 is 58.9 Å². The number of aliphatic hydroxyl groups is 1. The SMILES string of the molecule is C[Si](C)(C)OC1=C(O[Si](C)(C)C)C(O[Si](C)(C)C)(O[Si](C)(C)C)C(=O)C1(O)O[Si](C)(C)C. The minimum Gasteiger partial charge on any atom is -0.541 e. The first-order valence-electron chi connectivity index (χ1n) is 11.2. The Morgan fingerprint density at radius 3 is 1.12 bits per heavy atom. The highest BCUT2D eigenvalue weighted by atomic mass is 28.4. The fraction of sp³-hybridized carbons (Fsp3) is 0.850. The van der Waals surface area contributed by atoms with Crippen molar-refractivity contribution >= 4 is 47.4 Å². The van der Waals surface area contributed by atoms with Gasteiger partial charge in [0, 0.05) is 0 Å². The molecule has 0 saturated heterocycles. The van der Waals surface area contributed by atoms with Crippen LogP contribution in [-0.2, 0) is 26.9 Å². The van der Waals surface area contributed by atoms with E-state index in [1.807, 2.05) is 98.2 Å². The summed E-state index contributed by atoms with van der Waals surface area (Å²) in [6, 6.07) is 0. The van der Waals surface area contributed by atoms with E-state index in [0.29, 0.717) is 0 Å². The molecule has 0 aromatic heterocycles. The van der Waals surface area contributed by atoms with Gasteiger partial charge in [-0.05, 0) is 98.2 Å². The third-order valence-corrected chi connectivity index (χ3v) is 7.93. The smallest absolute Gasteiger partial charge is 0.286 e. The lowest BCUT2D eigenvalue weighted by Gasteiger charge is -2.41. The van der Waals surface area contributed by atoms with Crippen LogP contribution in [0.3, 0.4) is 0 Å². The molecule has 0 aromatic rings. The summed E-state index contributed by atoms with van der Waals surface area (Å²) >= 11 is 0. The molecule has 1 rings (SSSR count). The third kappa shape index (κ3) is 8.01. The number of carbonyl (C=O) groups is 1. The number of ketones is 1. The van der Waals surface area contributed by atoms with Crippen molar-refractivity contribution in [1.82, 2.24) is 0 Å². The summed E-state index contributed by atoms with van der Waals surface area (Å²) < 4.78 is 32.2. The predicted molar refractivity (Wildman–Crippen MR) is 142 cm³/mol. The first-order valence-corrected chi connectivity index (χ1v) is 28.3. The van der Waals surface area contributed by atoms with Gasteiger partial charge in [0.15, 0.2) is 36.5 Å². The second-order valence-electron chi connectivity index (χ2n) is 13.3. The maximum absolute atomic E-state index is 14.2. The van der Waals surface area contributed by atoms with E-state index in [-0.39, 0.29) is 11.5 Å². The molecule has 0 spiro atoms. The molecule has 0 heterocycles. The summed E-state index contributed by atoms with van der Waals surface area (Å²) in [6.45, 7) is 29.7. The highest BCUT2D eigenvalue weighted by Gasteiger charge is 2.70. The second kappa shape index (κ2) is 8.86. The molecule has 1 unspecified atom stereocenters. The minimum absolute atomic E-state index is 0.0167. The molecule has 7 nitrogen and oxygen atoms in total. The van der Waals surface area contributed by atoms with Crippen LogP contribution in [0.25, 0.3) is 0 Å². The monoisotopic (exact) mass is 538 g/mol. The Morgan fingerprint density at radius 1 is 0.531 bits per heavy atom. The Balaban J connectivity index is 4.09. The number of rotatable bonds is 10. The van der Waals surface area contributed by atoms with Crippen molar-refractivity contribution in [2.24, 2.45) is 0 Å². The maximum Gasteiger partial charge on any atom is 0.286 e. The zero-order chi connectivity index (χ0) is 25.8. The topological polar surface area (TPSA) is 83.5 Å². The molecule has 0 saturated carbocycles. The molecule has 1 aliphatic carbocycles. The van der Waals surface area contributed by atoms with Gasteiger partial charge in [-0.2, -0.15) is 0 Å². The van der Waals surface area contributed by atoms with Crippen molar-refractivity contribution < 1.29 is 32.0 Å². The van der Waals surface area contributed by atoms with Gasteiger partial charge in [0.25, 0.3) is 17.4 Å². The fourth-order valence-electron chi connectivity index (χ4n) is 3.18. The van der Waals surface area contributed by atoms with Gasteiger partial charge in [0.05, 0.1) is 0 Å². The van der Waals surface area contributed by atoms with Crippen LogP contribution in [0.5, 0.6) is 0 Å². The lowest BCUT2D eigenvalue weighted by atomic mass is 10.1. The van der Waals surface area contributed by atoms with E-state index in [2.05, 4.69) is 0 Å². The molecule has 188 valence electrons. The van der Waals surface area contributed by atoms with Crippen LogP contribution in [-0.4, -0.2) is 64.1 Å². The zero-order valence-corrected chi connectivity index (χ0v) is 27.9. The molecule has 0 fully saturated rings. The first kappa shape index (κ1) is 30.0. The Morgan fingerprint density at radius 2 is 0.844 bits per heavy atom. The van der Waals surface area contributed by atoms with E-state index in [4.69, 9.17) is 22.1 Å². The van der Waals surface area contributed by atoms with Crippen LogP contribution in [0.1, 0.15) is 0 Å². The van der Waals surface area contributed by atoms with E-state index in [1.165, 1.54) is 0 Å². The lowest BCUT2D eigenvalue weighted by Crippen LogP contribution is -2.61. The summed E-state index contributed by atoms with van der Waals surface area (Å²) in [5, 5.41) is 11.9. The van der Waals surface area contributed by atoms with Crippen LogP contribution in [0, 0.1) is 0 Å². The number of hydrogen-bond donors (Lipinski definition) is 1. The molecule has 0 aromatic carbocycles. The molecule has 1 atom stereocenters. The Hall–Kier alpha value is -0.0656.